The second-order valence-corrected chi connectivity index (χ2v) is 4.98. The van der Waals surface area contributed by atoms with Crippen LogP contribution in [0.3, 0.4) is 0 Å². The summed E-state index contributed by atoms with van der Waals surface area (Å²) in [5.74, 6) is -0.462. The van der Waals surface area contributed by atoms with E-state index in [0.717, 1.165) is 18.4 Å². The number of aromatic nitrogens is 2. The first kappa shape index (κ1) is 15.7. The number of nitrogens with zero attached hydrogens (tertiary/aromatic N) is 3. The number of carbonyl (C=O) groups is 1. The van der Waals surface area contributed by atoms with E-state index in [1.54, 1.807) is 0 Å². The number of imidazole rings is 1. The van der Waals surface area contributed by atoms with Gasteiger partial charge >= 0.3 is 5.82 Å². The average molecular weight is 302 g/mol. The van der Waals surface area contributed by atoms with Crippen LogP contribution in [0.5, 0.6) is 0 Å². The molecule has 0 aliphatic rings. The van der Waals surface area contributed by atoms with Gasteiger partial charge in [-0.3, -0.25) is 4.79 Å². The molecule has 0 spiro atoms. The van der Waals surface area contributed by atoms with Gasteiger partial charge in [-0.2, -0.15) is 0 Å². The third kappa shape index (κ3) is 4.15. The standard InChI is InChI=1S/C15H18N4O3/c1-2-6-13(12-7-4-3-5-8-12)17-15(20)10-18-9-14(16-11-18)19(21)22/h3-5,7-9,11,13H,2,6,10H2,1H3,(H,17,20). The Balaban J connectivity index is 2.00. The molecule has 1 aromatic heterocycles. The number of hydrogen-bond acceptors (Lipinski definition) is 4. The van der Waals surface area contributed by atoms with E-state index in [0.29, 0.717) is 0 Å². The van der Waals surface area contributed by atoms with Gasteiger partial charge in [0.15, 0.2) is 0 Å². The van der Waals surface area contributed by atoms with E-state index in [9.17, 15) is 14.9 Å². The molecule has 0 aliphatic heterocycles. The highest BCUT2D eigenvalue weighted by atomic mass is 16.6. The van der Waals surface area contributed by atoms with Gasteiger partial charge in [-0.25, -0.2) is 0 Å². The van der Waals surface area contributed by atoms with Gasteiger partial charge in [-0.1, -0.05) is 43.7 Å². The summed E-state index contributed by atoms with van der Waals surface area (Å²) in [6, 6.07) is 9.69. The molecule has 2 rings (SSSR count). The first-order valence-electron chi connectivity index (χ1n) is 7.10. The van der Waals surface area contributed by atoms with Crippen LogP contribution in [0.4, 0.5) is 5.82 Å². The molecule has 7 nitrogen and oxygen atoms in total. The molecule has 2 aromatic rings. The van der Waals surface area contributed by atoms with Crippen molar-refractivity contribution in [3.05, 3.63) is 58.5 Å². The highest BCUT2D eigenvalue weighted by molar-refractivity contribution is 5.76. The first-order valence-corrected chi connectivity index (χ1v) is 7.10. The molecule has 1 heterocycles. The van der Waals surface area contributed by atoms with Crippen molar-refractivity contribution in [3.8, 4) is 0 Å². The summed E-state index contributed by atoms with van der Waals surface area (Å²) in [5.41, 5.74) is 1.05. The third-order valence-corrected chi connectivity index (χ3v) is 3.25. The zero-order chi connectivity index (χ0) is 15.9. The Bertz CT molecular complexity index is 639. The molecule has 0 saturated carbocycles. The SMILES string of the molecule is CCCC(NC(=O)Cn1cnc([N+](=O)[O-])c1)c1ccccc1. The predicted molar refractivity (Wildman–Crippen MR) is 81.1 cm³/mol. The summed E-state index contributed by atoms with van der Waals surface area (Å²) >= 11 is 0. The number of nitrogens with one attached hydrogen (secondary N) is 1. The van der Waals surface area contributed by atoms with Crippen LogP contribution in [0, 0.1) is 10.1 Å². The Kier molecular flexibility index (Phi) is 5.24. The Hall–Kier alpha value is -2.70. The van der Waals surface area contributed by atoms with Crippen molar-refractivity contribution in [2.24, 2.45) is 0 Å². The van der Waals surface area contributed by atoms with Crippen LogP contribution in [-0.2, 0) is 11.3 Å². The van der Waals surface area contributed by atoms with E-state index >= 15 is 0 Å². The highest BCUT2D eigenvalue weighted by Gasteiger charge is 2.16. The van der Waals surface area contributed by atoms with Crippen molar-refractivity contribution < 1.29 is 9.72 Å². The maximum Gasteiger partial charge on any atom is 0.381 e. The van der Waals surface area contributed by atoms with Crippen LogP contribution >= 0.6 is 0 Å². The minimum absolute atomic E-state index is 0.00783. The largest absolute Gasteiger partial charge is 0.381 e. The van der Waals surface area contributed by atoms with Gasteiger partial charge in [0.05, 0.1) is 6.04 Å². The molecular weight excluding hydrogens is 284 g/mol. The first-order chi connectivity index (χ1) is 10.6. The maximum atomic E-state index is 12.1. The van der Waals surface area contributed by atoms with E-state index in [1.807, 2.05) is 30.3 Å². The number of benzene rings is 1. The molecule has 116 valence electrons. The molecule has 1 atom stereocenters. The van der Waals surface area contributed by atoms with Crippen molar-refractivity contribution in [1.29, 1.82) is 0 Å². The van der Waals surface area contributed by atoms with Gasteiger partial charge < -0.3 is 20.0 Å². The lowest BCUT2D eigenvalue weighted by atomic mass is 10.0. The van der Waals surface area contributed by atoms with E-state index in [4.69, 9.17) is 0 Å². The minimum Gasteiger partial charge on any atom is -0.358 e. The zero-order valence-corrected chi connectivity index (χ0v) is 12.3. The van der Waals surface area contributed by atoms with Gasteiger partial charge in [0.1, 0.15) is 12.7 Å². The molecular formula is C15H18N4O3. The Morgan fingerprint density at radius 2 is 2.14 bits per heavy atom. The average Bonchev–Trinajstić information content (AvgIpc) is 2.96. The van der Waals surface area contributed by atoms with Crippen molar-refractivity contribution in [1.82, 2.24) is 14.9 Å². The molecule has 1 unspecified atom stereocenters. The number of amides is 1. The van der Waals surface area contributed by atoms with Crippen LogP contribution in [0.2, 0.25) is 0 Å². The van der Waals surface area contributed by atoms with Gasteiger partial charge in [0, 0.05) is 0 Å². The number of nitro groups is 1. The van der Waals surface area contributed by atoms with E-state index in [1.165, 1.54) is 17.1 Å². The number of hydrogen-bond donors (Lipinski definition) is 1. The molecule has 0 radical (unpaired) electrons. The predicted octanol–water partition coefficient (Wildman–Crippen LogP) is 2.45. The Labute approximate surface area is 128 Å². The molecule has 0 aliphatic carbocycles. The Morgan fingerprint density at radius 1 is 1.41 bits per heavy atom. The van der Waals surface area contributed by atoms with Crippen LogP contribution in [0.15, 0.2) is 42.9 Å². The molecule has 1 aromatic carbocycles. The minimum atomic E-state index is -0.585. The zero-order valence-electron chi connectivity index (χ0n) is 12.3. The molecule has 1 amide bonds. The van der Waals surface area contributed by atoms with Crippen molar-refractivity contribution in [2.45, 2.75) is 32.4 Å². The van der Waals surface area contributed by atoms with E-state index in [2.05, 4.69) is 17.2 Å². The normalized spacial score (nSPS) is 11.9. The second-order valence-electron chi connectivity index (χ2n) is 4.98. The topological polar surface area (TPSA) is 90.1 Å². The van der Waals surface area contributed by atoms with Crippen LogP contribution in [0.1, 0.15) is 31.4 Å². The fourth-order valence-corrected chi connectivity index (χ4v) is 2.23. The lowest BCUT2D eigenvalue weighted by molar-refractivity contribution is -0.389. The van der Waals surface area contributed by atoms with Gasteiger partial charge in [0.25, 0.3) is 0 Å². The number of carbonyl (C=O) groups excluding carboxylic acids is 1. The molecule has 0 fully saturated rings. The second kappa shape index (κ2) is 7.35. The molecule has 1 N–H and O–H groups in total. The van der Waals surface area contributed by atoms with E-state index in [-0.39, 0.29) is 24.3 Å². The smallest absolute Gasteiger partial charge is 0.358 e. The summed E-state index contributed by atoms with van der Waals surface area (Å²) in [5, 5.41) is 13.5. The quantitative estimate of drug-likeness (QED) is 0.628. The molecule has 0 bridgehead atoms. The summed E-state index contributed by atoms with van der Waals surface area (Å²) < 4.78 is 1.40. The van der Waals surface area contributed by atoms with Crippen LogP contribution in [-0.4, -0.2) is 20.4 Å². The maximum absolute atomic E-state index is 12.1. The lowest BCUT2D eigenvalue weighted by Crippen LogP contribution is -2.31. The van der Waals surface area contributed by atoms with Crippen molar-refractivity contribution in [3.63, 3.8) is 0 Å². The number of rotatable bonds is 7. The van der Waals surface area contributed by atoms with Crippen LogP contribution < -0.4 is 5.32 Å². The Morgan fingerprint density at radius 3 is 2.73 bits per heavy atom. The molecule has 22 heavy (non-hydrogen) atoms. The van der Waals surface area contributed by atoms with Crippen molar-refractivity contribution >= 4 is 11.7 Å². The van der Waals surface area contributed by atoms with Crippen molar-refractivity contribution in [2.75, 3.05) is 0 Å². The van der Waals surface area contributed by atoms with Gasteiger partial charge in [-0.15, -0.1) is 0 Å². The summed E-state index contributed by atoms with van der Waals surface area (Å²) in [6.07, 6.45) is 4.31. The summed E-state index contributed by atoms with van der Waals surface area (Å²) in [7, 11) is 0. The van der Waals surface area contributed by atoms with Gasteiger partial charge in [0.2, 0.25) is 12.2 Å². The molecule has 7 heteroatoms. The summed E-state index contributed by atoms with van der Waals surface area (Å²) in [6.45, 7) is 2.06. The monoisotopic (exact) mass is 302 g/mol. The lowest BCUT2D eigenvalue weighted by Gasteiger charge is -2.18. The third-order valence-electron chi connectivity index (χ3n) is 3.25. The van der Waals surface area contributed by atoms with Crippen LogP contribution in [0.25, 0.3) is 0 Å². The van der Waals surface area contributed by atoms with E-state index < -0.39 is 4.92 Å². The summed E-state index contributed by atoms with van der Waals surface area (Å²) in [4.78, 5) is 25.7. The fraction of sp³-hybridized carbons (Fsp3) is 0.333. The highest BCUT2D eigenvalue weighted by Crippen LogP contribution is 2.18. The fourth-order valence-electron chi connectivity index (χ4n) is 2.23. The molecule has 0 saturated heterocycles. The van der Waals surface area contributed by atoms with Gasteiger partial charge in [-0.05, 0) is 21.9 Å².